The molecule has 0 atom stereocenters. The molecule has 0 radical (unpaired) electrons. The van der Waals surface area contributed by atoms with Gasteiger partial charge in [0.15, 0.2) is 5.69 Å². The van der Waals surface area contributed by atoms with Crippen LogP contribution in [0.4, 0.5) is 5.69 Å². The number of nitrogens with one attached hydrogen (secondary N) is 1. The number of sulfonamides is 1. The minimum Gasteiger partial charge on any atom is -0.321 e. The van der Waals surface area contributed by atoms with Crippen molar-refractivity contribution in [1.82, 2.24) is 13.1 Å². The Kier molecular flexibility index (Phi) is 4.69. The highest BCUT2D eigenvalue weighted by molar-refractivity contribution is 7.89. The van der Waals surface area contributed by atoms with Crippen LogP contribution in [-0.2, 0) is 10.0 Å². The Balaban J connectivity index is 1.80. The monoisotopic (exact) mass is 352 g/mol. The van der Waals surface area contributed by atoms with Gasteiger partial charge in [0.1, 0.15) is 0 Å². The van der Waals surface area contributed by atoms with Crippen molar-refractivity contribution in [2.75, 3.05) is 18.4 Å². The molecule has 1 N–H and O–H groups in total. The Labute approximate surface area is 138 Å². The number of rotatable bonds is 4. The average molecular weight is 352 g/mol. The van der Waals surface area contributed by atoms with Gasteiger partial charge in [0.05, 0.1) is 22.8 Å². The Bertz CT molecular complexity index is 784. The maximum absolute atomic E-state index is 12.6. The van der Waals surface area contributed by atoms with Gasteiger partial charge >= 0.3 is 0 Å². The third-order valence-corrected chi connectivity index (χ3v) is 6.01. The number of piperidine rings is 1. The summed E-state index contributed by atoms with van der Waals surface area (Å²) < 4.78 is 34.4. The van der Waals surface area contributed by atoms with Gasteiger partial charge in [-0.15, -0.1) is 0 Å². The van der Waals surface area contributed by atoms with Gasteiger partial charge in [0.25, 0.3) is 5.91 Å². The minimum absolute atomic E-state index is 0.189. The highest BCUT2D eigenvalue weighted by Crippen LogP contribution is 2.23. The summed E-state index contributed by atoms with van der Waals surface area (Å²) in [6.07, 6.45) is 4.19. The molecule has 0 saturated carbocycles. The molecule has 1 aliphatic rings. The number of aromatic nitrogens is 2. The van der Waals surface area contributed by atoms with Crippen LogP contribution < -0.4 is 5.32 Å². The molecule has 0 bridgehead atoms. The normalized spacial score (nSPS) is 16.2. The van der Waals surface area contributed by atoms with Crippen LogP contribution >= 0.6 is 11.7 Å². The quantitative estimate of drug-likeness (QED) is 0.908. The number of hydrogen-bond acceptors (Lipinski definition) is 6. The molecule has 1 saturated heterocycles. The van der Waals surface area contributed by atoms with E-state index in [2.05, 4.69) is 14.1 Å². The molecule has 23 heavy (non-hydrogen) atoms. The van der Waals surface area contributed by atoms with Gasteiger partial charge in [0.2, 0.25) is 10.0 Å². The fraction of sp³-hybridized carbons (Fsp3) is 0.357. The Morgan fingerprint density at radius 2 is 2.00 bits per heavy atom. The molecule has 0 aliphatic carbocycles. The van der Waals surface area contributed by atoms with E-state index in [9.17, 15) is 13.2 Å². The lowest BCUT2D eigenvalue weighted by molar-refractivity contribution is 0.102. The molecular formula is C14H16N4O3S2. The predicted molar refractivity (Wildman–Crippen MR) is 86.9 cm³/mol. The fourth-order valence-corrected chi connectivity index (χ4v) is 4.42. The number of carbonyl (C=O) groups excluding carboxylic acids is 1. The van der Waals surface area contributed by atoms with Crippen molar-refractivity contribution in [3.05, 3.63) is 36.2 Å². The fourth-order valence-electron chi connectivity index (χ4n) is 2.45. The molecule has 2 heterocycles. The summed E-state index contributed by atoms with van der Waals surface area (Å²) in [5.41, 5.74) is 0.625. The summed E-state index contributed by atoms with van der Waals surface area (Å²) in [5.74, 6) is -0.411. The molecule has 9 heteroatoms. The first-order chi connectivity index (χ1) is 11.1. The van der Waals surface area contributed by atoms with Crippen molar-refractivity contribution >= 4 is 33.3 Å². The molecule has 7 nitrogen and oxygen atoms in total. The summed E-state index contributed by atoms with van der Waals surface area (Å²) in [6, 6.07) is 6.28. The Morgan fingerprint density at radius 1 is 1.22 bits per heavy atom. The molecule has 1 aliphatic heterocycles. The first kappa shape index (κ1) is 16.0. The second kappa shape index (κ2) is 6.73. The van der Waals surface area contributed by atoms with E-state index >= 15 is 0 Å². The molecule has 3 rings (SSSR count). The largest absolute Gasteiger partial charge is 0.321 e. The van der Waals surface area contributed by atoms with Crippen molar-refractivity contribution < 1.29 is 13.2 Å². The maximum Gasteiger partial charge on any atom is 0.277 e. The Hall–Kier alpha value is -1.84. The van der Waals surface area contributed by atoms with Gasteiger partial charge in [-0.2, -0.15) is 13.1 Å². The van der Waals surface area contributed by atoms with Crippen LogP contribution in [0.25, 0.3) is 0 Å². The average Bonchev–Trinajstić information content (AvgIpc) is 3.10. The van der Waals surface area contributed by atoms with Crippen molar-refractivity contribution in [2.24, 2.45) is 0 Å². The smallest absolute Gasteiger partial charge is 0.277 e. The van der Waals surface area contributed by atoms with Gasteiger partial charge in [-0.1, -0.05) is 12.5 Å². The molecule has 2 aromatic rings. The van der Waals surface area contributed by atoms with Crippen LogP contribution in [0.15, 0.2) is 35.4 Å². The summed E-state index contributed by atoms with van der Waals surface area (Å²) in [5, 5.41) is 2.64. The molecule has 1 amide bonds. The number of nitrogens with zero attached hydrogens (tertiary/aromatic N) is 3. The van der Waals surface area contributed by atoms with Gasteiger partial charge < -0.3 is 5.32 Å². The molecule has 122 valence electrons. The van der Waals surface area contributed by atoms with Crippen LogP contribution in [0.5, 0.6) is 0 Å². The summed E-state index contributed by atoms with van der Waals surface area (Å²) in [7, 11) is -3.52. The lowest BCUT2D eigenvalue weighted by atomic mass is 10.2. The number of hydrogen-bond donors (Lipinski definition) is 1. The second-order valence-corrected chi connectivity index (χ2v) is 7.73. The molecule has 0 unspecified atom stereocenters. The zero-order chi connectivity index (χ0) is 16.3. The van der Waals surface area contributed by atoms with Gasteiger partial charge in [-0.3, -0.25) is 4.79 Å². The molecular weight excluding hydrogens is 336 g/mol. The minimum atomic E-state index is -3.52. The van der Waals surface area contributed by atoms with Crippen molar-refractivity contribution in [3.63, 3.8) is 0 Å². The van der Waals surface area contributed by atoms with E-state index in [4.69, 9.17) is 0 Å². The van der Waals surface area contributed by atoms with Crippen molar-refractivity contribution in [3.8, 4) is 0 Å². The van der Waals surface area contributed by atoms with Crippen LogP contribution in [0, 0.1) is 0 Å². The molecule has 0 spiro atoms. The number of benzene rings is 1. The van der Waals surface area contributed by atoms with E-state index in [1.807, 2.05) is 0 Å². The van der Waals surface area contributed by atoms with E-state index < -0.39 is 15.9 Å². The highest BCUT2D eigenvalue weighted by atomic mass is 32.2. The topological polar surface area (TPSA) is 92.3 Å². The van der Waals surface area contributed by atoms with E-state index in [1.54, 1.807) is 18.2 Å². The Morgan fingerprint density at radius 3 is 2.70 bits per heavy atom. The van der Waals surface area contributed by atoms with Crippen LogP contribution in [0.1, 0.15) is 29.8 Å². The van der Waals surface area contributed by atoms with Crippen LogP contribution in [0.3, 0.4) is 0 Å². The van der Waals surface area contributed by atoms with Crippen molar-refractivity contribution in [2.45, 2.75) is 24.2 Å². The summed E-state index contributed by atoms with van der Waals surface area (Å²) >= 11 is 0.941. The zero-order valence-electron chi connectivity index (χ0n) is 12.3. The highest BCUT2D eigenvalue weighted by Gasteiger charge is 2.26. The van der Waals surface area contributed by atoms with E-state index in [1.165, 1.54) is 16.6 Å². The van der Waals surface area contributed by atoms with Crippen LogP contribution in [0.2, 0.25) is 0 Å². The van der Waals surface area contributed by atoms with E-state index in [0.717, 1.165) is 31.0 Å². The first-order valence-electron chi connectivity index (χ1n) is 7.26. The SMILES string of the molecule is O=C(Nc1cccc(S(=O)(=O)N2CCCCC2)c1)c1cnsn1. The predicted octanol–water partition coefficient (Wildman–Crippen LogP) is 1.96. The standard InChI is InChI=1S/C14H16N4O3S2/c19-14(13-10-15-22-17-13)16-11-5-4-6-12(9-11)23(20,21)18-7-2-1-3-8-18/h4-6,9-10H,1-3,7-8H2,(H,16,19). The van der Waals surface area contributed by atoms with E-state index in [-0.39, 0.29) is 10.6 Å². The molecule has 1 aromatic heterocycles. The zero-order valence-corrected chi connectivity index (χ0v) is 13.9. The third-order valence-electron chi connectivity index (χ3n) is 3.64. The summed E-state index contributed by atoms with van der Waals surface area (Å²) in [4.78, 5) is 12.2. The number of carbonyl (C=O) groups is 1. The molecule has 1 fully saturated rings. The number of amides is 1. The van der Waals surface area contributed by atoms with Gasteiger partial charge in [0, 0.05) is 18.8 Å². The maximum atomic E-state index is 12.6. The molecule has 1 aromatic carbocycles. The second-order valence-electron chi connectivity index (χ2n) is 5.24. The first-order valence-corrected chi connectivity index (χ1v) is 9.43. The van der Waals surface area contributed by atoms with Gasteiger partial charge in [-0.05, 0) is 31.0 Å². The van der Waals surface area contributed by atoms with Crippen molar-refractivity contribution in [1.29, 1.82) is 0 Å². The van der Waals surface area contributed by atoms with Gasteiger partial charge in [-0.25, -0.2) is 8.42 Å². The summed E-state index contributed by atoms with van der Waals surface area (Å²) in [6.45, 7) is 1.09. The van der Waals surface area contributed by atoms with Crippen LogP contribution in [-0.4, -0.2) is 40.5 Å². The lowest BCUT2D eigenvalue weighted by Gasteiger charge is -2.26. The lowest BCUT2D eigenvalue weighted by Crippen LogP contribution is -2.35. The number of anilines is 1. The van der Waals surface area contributed by atoms with E-state index in [0.29, 0.717) is 18.8 Å². The third kappa shape index (κ3) is 3.57.